The molecule has 0 saturated carbocycles. The molecule has 258 valence electrons. The van der Waals surface area contributed by atoms with E-state index >= 15 is 0 Å². The molecule has 0 aliphatic carbocycles. The van der Waals surface area contributed by atoms with E-state index in [1.807, 2.05) is 20.8 Å². The summed E-state index contributed by atoms with van der Waals surface area (Å²) in [5.41, 5.74) is 0.0877. The Hall–Kier alpha value is -0.243. The van der Waals surface area contributed by atoms with E-state index in [1.165, 1.54) is 122 Å². The molecule has 0 aromatic heterocycles. The molecule has 2 unspecified atom stereocenters. The van der Waals surface area contributed by atoms with Crippen LogP contribution in [-0.4, -0.2) is 60.0 Å². The second kappa shape index (κ2) is 29.2. The normalized spacial score (nSPS) is 14.1. The van der Waals surface area contributed by atoms with E-state index in [0.29, 0.717) is 37.1 Å². The molecule has 43 heavy (non-hydrogen) atoms. The van der Waals surface area contributed by atoms with Crippen molar-refractivity contribution in [2.24, 2.45) is 0 Å². The first kappa shape index (κ1) is 42.8. The predicted molar refractivity (Wildman–Crippen MR) is 189 cm³/mol. The standard InChI is InChI=1S/C37H78NO4Si/c1-9-14-16-18-20-22-23-24-25-26-28-30-32-34-37(33-31-29-27-21-19-17-15-10-2)38(7,8)39-35-36(6)43(40-11-3,41-12-4)42-13-5/h27,29,36-37H,9-26,28,30-35H2,1-8H3/q+1. The first-order chi connectivity index (χ1) is 20.8. The fourth-order valence-electron chi connectivity index (χ4n) is 6.04. The van der Waals surface area contributed by atoms with E-state index in [2.05, 4.69) is 47.0 Å². The zero-order chi connectivity index (χ0) is 32.1. The Bertz CT molecular complexity index is 598. The second-order valence-corrected chi connectivity index (χ2v) is 16.2. The number of hydroxylamine groups is 3. The summed E-state index contributed by atoms with van der Waals surface area (Å²) in [5, 5.41) is 0. The van der Waals surface area contributed by atoms with E-state index < -0.39 is 8.80 Å². The molecule has 0 heterocycles. The van der Waals surface area contributed by atoms with Gasteiger partial charge in [0.25, 0.3) is 0 Å². The number of nitrogens with zero attached hydrogens (tertiary/aromatic N) is 1. The molecule has 0 N–H and O–H groups in total. The number of allylic oxidation sites excluding steroid dienone is 2. The summed E-state index contributed by atoms with van der Waals surface area (Å²) in [6.07, 6.45) is 33.1. The van der Waals surface area contributed by atoms with Crippen LogP contribution in [0.4, 0.5) is 0 Å². The van der Waals surface area contributed by atoms with Crippen LogP contribution >= 0.6 is 0 Å². The molecule has 6 heteroatoms. The summed E-state index contributed by atoms with van der Waals surface area (Å²) >= 11 is 0. The lowest BCUT2D eigenvalue weighted by Gasteiger charge is -2.38. The van der Waals surface area contributed by atoms with Gasteiger partial charge in [-0.15, -0.1) is 0 Å². The van der Waals surface area contributed by atoms with E-state index in [1.54, 1.807) is 0 Å². The van der Waals surface area contributed by atoms with Gasteiger partial charge < -0.3 is 13.3 Å². The molecule has 0 radical (unpaired) electrons. The predicted octanol–water partition coefficient (Wildman–Crippen LogP) is 11.6. The van der Waals surface area contributed by atoms with Crippen molar-refractivity contribution in [3.05, 3.63) is 12.2 Å². The summed E-state index contributed by atoms with van der Waals surface area (Å²) in [6, 6.07) is 0.479. The van der Waals surface area contributed by atoms with E-state index in [0.717, 1.165) is 12.8 Å². The van der Waals surface area contributed by atoms with Gasteiger partial charge in [-0.05, 0) is 46.5 Å². The minimum Gasteiger partial charge on any atom is -0.374 e. The van der Waals surface area contributed by atoms with Gasteiger partial charge in [0.15, 0.2) is 0 Å². The molecule has 0 aliphatic rings. The first-order valence-corrected chi connectivity index (χ1v) is 20.7. The highest BCUT2D eigenvalue weighted by atomic mass is 28.4. The molecule has 0 spiro atoms. The van der Waals surface area contributed by atoms with Crippen LogP contribution in [0.2, 0.25) is 5.54 Å². The molecular formula is C37H78NO4Si+. The summed E-state index contributed by atoms with van der Waals surface area (Å²) in [4.78, 5) is 6.69. The van der Waals surface area contributed by atoms with Crippen molar-refractivity contribution < 1.29 is 22.8 Å². The summed E-state index contributed by atoms with van der Waals surface area (Å²) < 4.78 is 19.1. The number of rotatable bonds is 33. The Kier molecular flexibility index (Phi) is 29.0. The summed E-state index contributed by atoms with van der Waals surface area (Å²) in [5.74, 6) is 0. The van der Waals surface area contributed by atoms with Gasteiger partial charge in [0.2, 0.25) is 0 Å². The highest BCUT2D eigenvalue weighted by Gasteiger charge is 2.48. The van der Waals surface area contributed by atoms with Crippen molar-refractivity contribution in [3.8, 4) is 0 Å². The number of hydrogen-bond donors (Lipinski definition) is 0. The lowest BCUT2D eigenvalue weighted by Crippen LogP contribution is -2.54. The monoisotopic (exact) mass is 629 g/mol. The molecule has 0 aliphatic heterocycles. The molecule has 5 nitrogen and oxygen atoms in total. The van der Waals surface area contributed by atoms with Crippen LogP contribution in [0.3, 0.4) is 0 Å². The molecule has 0 bridgehead atoms. The number of hydrogen-bond acceptors (Lipinski definition) is 4. The lowest BCUT2D eigenvalue weighted by molar-refractivity contribution is -1.10. The lowest BCUT2D eigenvalue weighted by atomic mass is 10.00. The number of unbranched alkanes of at least 4 members (excludes halogenated alkanes) is 16. The highest BCUT2D eigenvalue weighted by Crippen LogP contribution is 2.29. The van der Waals surface area contributed by atoms with Crippen molar-refractivity contribution in [2.75, 3.05) is 40.5 Å². The van der Waals surface area contributed by atoms with Crippen LogP contribution in [0, 0.1) is 0 Å². The minimum absolute atomic E-state index is 0.0877. The fourth-order valence-corrected chi connectivity index (χ4v) is 8.63. The minimum atomic E-state index is -2.79. The first-order valence-electron chi connectivity index (χ1n) is 18.9. The van der Waals surface area contributed by atoms with Crippen molar-refractivity contribution in [3.63, 3.8) is 0 Å². The molecule has 0 saturated heterocycles. The van der Waals surface area contributed by atoms with Gasteiger partial charge in [0.05, 0.1) is 19.6 Å². The van der Waals surface area contributed by atoms with Crippen LogP contribution < -0.4 is 0 Å². The Labute approximate surface area is 271 Å². The maximum atomic E-state index is 6.69. The smallest absolute Gasteiger partial charge is 0.374 e. The van der Waals surface area contributed by atoms with Crippen LogP contribution in [0.5, 0.6) is 0 Å². The Morgan fingerprint density at radius 1 is 0.535 bits per heavy atom. The van der Waals surface area contributed by atoms with Crippen LogP contribution in [-0.2, 0) is 18.1 Å². The third kappa shape index (κ3) is 22.0. The number of quaternary nitrogens is 1. The maximum absolute atomic E-state index is 6.69. The van der Waals surface area contributed by atoms with Crippen molar-refractivity contribution in [1.29, 1.82) is 0 Å². The van der Waals surface area contributed by atoms with E-state index in [4.69, 9.17) is 18.1 Å². The summed E-state index contributed by atoms with van der Waals surface area (Å²) in [7, 11) is 1.71. The van der Waals surface area contributed by atoms with Gasteiger partial charge in [0.1, 0.15) is 12.6 Å². The molecule has 2 atom stereocenters. The molecule has 0 amide bonds. The molecule has 0 aromatic rings. The SMILES string of the molecule is CCCCCCC=CCCC(CCCCCCCCCCCCCCC)[N+](C)(C)OCC(C)[Si](OCC)(OCC)OCC. The largest absolute Gasteiger partial charge is 0.506 e. The van der Waals surface area contributed by atoms with Crippen LogP contribution in [0.1, 0.15) is 176 Å². The summed E-state index contributed by atoms with van der Waals surface area (Å²) in [6.45, 7) is 15.2. The van der Waals surface area contributed by atoms with E-state index in [-0.39, 0.29) is 5.54 Å². The molecule has 0 rings (SSSR count). The quantitative estimate of drug-likeness (QED) is 0.0238. The van der Waals surface area contributed by atoms with Crippen molar-refractivity contribution in [1.82, 2.24) is 0 Å². The third-order valence-corrected chi connectivity index (χ3v) is 12.3. The van der Waals surface area contributed by atoms with Gasteiger partial charge in [0, 0.05) is 32.7 Å². The Balaban J connectivity index is 4.82. The second-order valence-electron chi connectivity index (χ2n) is 13.1. The van der Waals surface area contributed by atoms with Crippen molar-refractivity contribution in [2.45, 2.75) is 188 Å². The van der Waals surface area contributed by atoms with Gasteiger partial charge >= 0.3 is 8.80 Å². The van der Waals surface area contributed by atoms with Gasteiger partial charge in [-0.25, -0.2) is 4.84 Å². The van der Waals surface area contributed by atoms with E-state index in [9.17, 15) is 0 Å². The zero-order valence-corrected chi connectivity index (χ0v) is 31.6. The third-order valence-electron chi connectivity index (χ3n) is 8.88. The van der Waals surface area contributed by atoms with Crippen LogP contribution in [0.15, 0.2) is 12.2 Å². The topological polar surface area (TPSA) is 36.9 Å². The molecular weight excluding hydrogens is 550 g/mol. The molecule has 0 fully saturated rings. The average molecular weight is 629 g/mol. The highest BCUT2D eigenvalue weighted by molar-refractivity contribution is 6.62. The van der Waals surface area contributed by atoms with Gasteiger partial charge in [-0.2, -0.15) is 4.65 Å². The Morgan fingerprint density at radius 3 is 1.42 bits per heavy atom. The van der Waals surface area contributed by atoms with Crippen LogP contribution in [0.25, 0.3) is 0 Å². The average Bonchev–Trinajstić information content (AvgIpc) is 2.98. The maximum Gasteiger partial charge on any atom is 0.506 e. The van der Waals surface area contributed by atoms with Gasteiger partial charge in [-0.3, -0.25) is 0 Å². The zero-order valence-electron chi connectivity index (χ0n) is 30.6. The fraction of sp³-hybridized carbons (Fsp3) is 0.946. The van der Waals surface area contributed by atoms with Crippen molar-refractivity contribution >= 4 is 8.80 Å². The molecule has 0 aromatic carbocycles. The Morgan fingerprint density at radius 2 is 0.953 bits per heavy atom. The van der Waals surface area contributed by atoms with Gasteiger partial charge in [-0.1, -0.05) is 129 Å².